The molecule has 21 heavy (non-hydrogen) atoms. The summed E-state index contributed by atoms with van der Waals surface area (Å²) in [5.74, 6) is 0.638. The quantitative estimate of drug-likeness (QED) is 0.850. The number of ether oxygens (including phenoxy) is 1. The van der Waals surface area contributed by atoms with Gasteiger partial charge in [0.2, 0.25) is 0 Å². The molecule has 0 saturated carbocycles. The molecule has 0 spiro atoms. The van der Waals surface area contributed by atoms with Crippen LogP contribution in [-0.4, -0.2) is 53.1 Å². The van der Waals surface area contributed by atoms with Gasteiger partial charge in [-0.2, -0.15) is 5.26 Å². The van der Waals surface area contributed by atoms with E-state index in [-0.39, 0.29) is 6.61 Å². The second-order valence-electron chi connectivity index (χ2n) is 5.94. The first-order chi connectivity index (χ1) is 9.98. The van der Waals surface area contributed by atoms with E-state index >= 15 is 0 Å². The summed E-state index contributed by atoms with van der Waals surface area (Å²) in [7, 11) is 0. The molecule has 0 aliphatic carbocycles. The Kier molecular flexibility index (Phi) is 5.18. The molecule has 1 heterocycles. The molecule has 0 bridgehead atoms. The molecule has 2 unspecified atom stereocenters. The Hall–Kier alpha value is -1.61. The summed E-state index contributed by atoms with van der Waals surface area (Å²) in [6, 6.07) is 8.85. The molecule has 1 aliphatic heterocycles. The monoisotopic (exact) mass is 290 g/mol. The van der Waals surface area contributed by atoms with Crippen LogP contribution in [0.2, 0.25) is 0 Å². The number of β-amino-alcohol motifs (C(OH)–C–C–N with tert-alkyl or cyclic N) is 2. The molecule has 1 aliphatic rings. The van der Waals surface area contributed by atoms with E-state index in [1.54, 1.807) is 24.3 Å². The molecule has 1 aromatic carbocycles. The third kappa shape index (κ3) is 5.01. The van der Waals surface area contributed by atoms with Gasteiger partial charge in [-0.05, 0) is 50.6 Å². The Labute approximate surface area is 125 Å². The zero-order valence-corrected chi connectivity index (χ0v) is 12.3. The summed E-state index contributed by atoms with van der Waals surface area (Å²) in [4.78, 5) is 2.07. The molecule has 1 saturated heterocycles. The number of nitriles is 1. The third-order valence-electron chi connectivity index (χ3n) is 3.65. The Morgan fingerprint density at radius 1 is 1.43 bits per heavy atom. The Bertz CT molecular complexity index is 493. The zero-order chi connectivity index (χ0) is 15.3. The van der Waals surface area contributed by atoms with Crippen molar-refractivity contribution >= 4 is 0 Å². The van der Waals surface area contributed by atoms with Crippen molar-refractivity contribution in [3.63, 3.8) is 0 Å². The molecule has 0 aromatic heterocycles. The highest BCUT2D eigenvalue weighted by Gasteiger charge is 2.29. The minimum absolute atomic E-state index is 0.199. The maximum absolute atomic E-state index is 10.0. The van der Waals surface area contributed by atoms with Crippen LogP contribution in [0.15, 0.2) is 24.3 Å². The molecule has 0 amide bonds. The Morgan fingerprint density at radius 2 is 2.14 bits per heavy atom. The van der Waals surface area contributed by atoms with Gasteiger partial charge in [0.05, 0.1) is 17.2 Å². The predicted octanol–water partition coefficient (Wildman–Crippen LogP) is 1.14. The fourth-order valence-electron chi connectivity index (χ4n) is 2.65. The van der Waals surface area contributed by atoms with Crippen LogP contribution in [0.3, 0.4) is 0 Å². The van der Waals surface area contributed by atoms with Crippen molar-refractivity contribution in [2.75, 3.05) is 26.2 Å². The number of piperidine rings is 1. The Balaban J connectivity index is 1.76. The highest BCUT2D eigenvalue weighted by molar-refractivity contribution is 5.34. The maximum atomic E-state index is 10.0. The van der Waals surface area contributed by atoms with Gasteiger partial charge in [-0.3, -0.25) is 4.90 Å². The van der Waals surface area contributed by atoms with Gasteiger partial charge in [0.15, 0.2) is 0 Å². The lowest BCUT2D eigenvalue weighted by Gasteiger charge is -2.37. The van der Waals surface area contributed by atoms with Gasteiger partial charge in [-0.1, -0.05) is 0 Å². The molecule has 1 aromatic rings. The van der Waals surface area contributed by atoms with E-state index in [2.05, 4.69) is 4.90 Å². The number of hydrogen-bond donors (Lipinski definition) is 2. The largest absolute Gasteiger partial charge is 0.491 e. The number of benzene rings is 1. The number of aliphatic hydroxyl groups excluding tert-OH is 1. The predicted molar refractivity (Wildman–Crippen MR) is 79.0 cm³/mol. The third-order valence-corrected chi connectivity index (χ3v) is 3.65. The van der Waals surface area contributed by atoms with E-state index in [0.717, 1.165) is 19.4 Å². The van der Waals surface area contributed by atoms with Crippen LogP contribution in [-0.2, 0) is 0 Å². The average Bonchev–Trinajstić information content (AvgIpc) is 2.44. The summed E-state index contributed by atoms with van der Waals surface area (Å²) in [5, 5.41) is 28.8. The molecule has 2 N–H and O–H groups in total. The molecule has 5 nitrogen and oxygen atoms in total. The van der Waals surface area contributed by atoms with Crippen LogP contribution in [0.4, 0.5) is 0 Å². The van der Waals surface area contributed by atoms with E-state index in [1.807, 2.05) is 13.0 Å². The fraction of sp³-hybridized carbons (Fsp3) is 0.562. The van der Waals surface area contributed by atoms with Crippen molar-refractivity contribution in [3.05, 3.63) is 29.8 Å². The summed E-state index contributed by atoms with van der Waals surface area (Å²) in [6.07, 6.45) is 1.15. The first-order valence-electron chi connectivity index (χ1n) is 7.24. The minimum Gasteiger partial charge on any atom is -0.491 e. The van der Waals surface area contributed by atoms with Crippen LogP contribution >= 0.6 is 0 Å². The van der Waals surface area contributed by atoms with Crippen molar-refractivity contribution in [3.8, 4) is 11.8 Å². The zero-order valence-electron chi connectivity index (χ0n) is 12.3. The summed E-state index contributed by atoms with van der Waals surface area (Å²) in [5.41, 5.74) is -0.0789. The van der Waals surface area contributed by atoms with E-state index in [4.69, 9.17) is 10.00 Å². The first kappa shape index (κ1) is 15.8. The van der Waals surface area contributed by atoms with E-state index in [9.17, 15) is 10.2 Å². The van der Waals surface area contributed by atoms with Gasteiger partial charge in [-0.15, -0.1) is 0 Å². The minimum atomic E-state index is -0.661. The second kappa shape index (κ2) is 6.90. The second-order valence-corrected chi connectivity index (χ2v) is 5.94. The van der Waals surface area contributed by atoms with Gasteiger partial charge < -0.3 is 14.9 Å². The van der Waals surface area contributed by atoms with Crippen molar-refractivity contribution < 1.29 is 14.9 Å². The number of rotatable bonds is 5. The molecule has 5 heteroatoms. The average molecular weight is 290 g/mol. The van der Waals surface area contributed by atoms with E-state index in [0.29, 0.717) is 24.4 Å². The lowest BCUT2D eigenvalue weighted by molar-refractivity contribution is -0.0323. The van der Waals surface area contributed by atoms with Crippen LogP contribution in [0.5, 0.6) is 5.75 Å². The van der Waals surface area contributed by atoms with Crippen LogP contribution in [0.25, 0.3) is 0 Å². The number of likely N-dealkylation sites (tertiary alicyclic amines) is 1. The van der Waals surface area contributed by atoms with E-state index < -0.39 is 11.7 Å². The molecular formula is C16H22N2O3. The van der Waals surface area contributed by atoms with Gasteiger partial charge >= 0.3 is 0 Å². The van der Waals surface area contributed by atoms with Crippen molar-refractivity contribution in [2.24, 2.45) is 0 Å². The normalized spacial score (nSPS) is 24.3. The number of nitrogens with zero attached hydrogens (tertiary/aromatic N) is 2. The first-order valence-corrected chi connectivity index (χ1v) is 7.24. The van der Waals surface area contributed by atoms with Crippen molar-refractivity contribution in [2.45, 2.75) is 31.5 Å². The molecule has 2 atom stereocenters. The molecular weight excluding hydrogens is 268 g/mol. The molecule has 0 radical (unpaired) electrons. The number of hydrogen-bond acceptors (Lipinski definition) is 5. The van der Waals surface area contributed by atoms with Gasteiger partial charge in [0.1, 0.15) is 18.5 Å². The lowest BCUT2D eigenvalue weighted by Crippen LogP contribution is -2.49. The molecule has 114 valence electrons. The lowest BCUT2D eigenvalue weighted by atomic mass is 9.95. The standard InChI is InChI=1S/C16H22N2O3/c1-16(20)7-2-8-18(12-16)10-14(19)11-21-15-5-3-13(9-17)4-6-15/h3-6,14,19-20H,2,7-8,10-12H2,1H3. The molecule has 2 rings (SSSR count). The fourth-order valence-corrected chi connectivity index (χ4v) is 2.65. The summed E-state index contributed by atoms with van der Waals surface area (Å²) >= 11 is 0. The number of aliphatic hydroxyl groups is 2. The van der Waals surface area contributed by atoms with Crippen LogP contribution in [0.1, 0.15) is 25.3 Å². The topological polar surface area (TPSA) is 76.7 Å². The highest BCUT2D eigenvalue weighted by Crippen LogP contribution is 2.20. The van der Waals surface area contributed by atoms with Crippen molar-refractivity contribution in [1.82, 2.24) is 4.90 Å². The SMILES string of the molecule is CC1(O)CCCN(CC(O)COc2ccc(C#N)cc2)C1. The van der Waals surface area contributed by atoms with Crippen molar-refractivity contribution in [1.29, 1.82) is 5.26 Å². The summed E-state index contributed by atoms with van der Waals surface area (Å²) in [6.45, 7) is 4.00. The maximum Gasteiger partial charge on any atom is 0.119 e. The van der Waals surface area contributed by atoms with E-state index in [1.165, 1.54) is 0 Å². The molecule has 1 fully saturated rings. The van der Waals surface area contributed by atoms with Gasteiger partial charge in [0.25, 0.3) is 0 Å². The summed E-state index contributed by atoms with van der Waals surface area (Å²) < 4.78 is 5.51. The van der Waals surface area contributed by atoms with Gasteiger partial charge in [-0.25, -0.2) is 0 Å². The highest BCUT2D eigenvalue weighted by atomic mass is 16.5. The van der Waals surface area contributed by atoms with Gasteiger partial charge in [0, 0.05) is 13.1 Å². The van der Waals surface area contributed by atoms with Crippen LogP contribution < -0.4 is 4.74 Å². The Morgan fingerprint density at radius 3 is 2.76 bits per heavy atom. The van der Waals surface area contributed by atoms with Crippen LogP contribution in [0, 0.1) is 11.3 Å². The smallest absolute Gasteiger partial charge is 0.119 e.